The van der Waals surface area contributed by atoms with E-state index in [0.717, 1.165) is 23.8 Å². The van der Waals surface area contributed by atoms with Gasteiger partial charge in [0.15, 0.2) is 12.0 Å². The lowest BCUT2D eigenvalue weighted by atomic mass is 9.81. The first-order chi connectivity index (χ1) is 14.7. The summed E-state index contributed by atoms with van der Waals surface area (Å²) >= 11 is 6.25. The van der Waals surface area contributed by atoms with Crippen molar-refractivity contribution in [3.8, 4) is 0 Å². The average Bonchev–Trinajstić information content (AvgIpc) is 3.34. The molecule has 162 valence electrons. The van der Waals surface area contributed by atoms with Gasteiger partial charge in [-0.05, 0) is 56.4 Å². The Balaban J connectivity index is 1.42. The van der Waals surface area contributed by atoms with E-state index in [-0.39, 0.29) is 0 Å². The van der Waals surface area contributed by atoms with Crippen LogP contribution in [0.25, 0.3) is 11.0 Å². The first-order valence-corrected chi connectivity index (χ1v) is 11.0. The van der Waals surface area contributed by atoms with E-state index in [4.69, 9.17) is 25.8 Å². The van der Waals surface area contributed by atoms with Crippen LogP contribution in [-0.2, 0) is 32.7 Å². The lowest BCUT2D eigenvalue weighted by Crippen LogP contribution is -2.45. The van der Waals surface area contributed by atoms with Crippen LogP contribution in [-0.4, -0.2) is 43.7 Å². The number of hydrogen-bond acceptors (Lipinski definition) is 6. The van der Waals surface area contributed by atoms with Gasteiger partial charge in [0.1, 0.15) is 41.0 Å². The molecule has 3 aliphatic rings. The van der Waals surface area contributed by atoms with Crippen molar-refractivity contribution >= 4 is 22.6 Å². The largest absolute Gasteiger partial charge is 0.383 e. The summed E-state index contributed by atoms with van der Waals surface area (Å²) in [6.45, 7) is 5.55. The number of ether oxygens (including phenoxy) is 3. The van der Waals surface area contributed by atoms with Crippen molar-refractivity contribution in [2.24, 2.45) is 0 Å². The fourth-order valence-electron chi connectivity index (χ4n) is 5.07. The second kappa shape index (κ2) is 6.49. The highest BCUT2D eigenvalue weighted by molar-refractivity contribution is 6.33. The van der Waals surface area contributed by atoms with Crippen LogP contribution in [0.1, 0.15) is 43.7 Å². The highest BCUT2D eigenvalue weighted by Gasteiger charge is 2.60. The molecular weight excluding hydrogens is 418 g/mol. The molecule has 0 unspecified atom stereocenters. The number of benzene rings is 1. The number of rotatable bonds is 3. The summed E-state index contributed by atoms with van der Waals surface area (Å²) in [7, 11) is 0. The van der Waals surface area contributed by atoms with E-state index in [9.17, 15) is 5.11 Å². The molecule has 7 nitrogen and oxygen atoms in total. The van der Waals surface area contributed by atoms with Gasteiger partial charge in [0.05, 0.1) is 5.39 Å². The van der Waals surface area contributed by atoms with Crippen molar-refractivity contribution < 1.29 is 19.3 Å². The Labute approximate surface area is 184 Å². The minimum atomic E-state index is -1.26. The van der Waals surface area contributed by atoms with E-state index >= 15 is 0 Å². The maximum atomic E-state index is 11.7. The number of aromatic nitrogens is 3. The summed E-state index contributed by atoms with van der Waals surface area (Å²) in [5, 5.41) is 12.8. The second-order valence-electron chi connectivity index (χ2n) is 9.27. The summed E-state index contributed by atoms with van der Waals surface area (Å²) < 4.78 is 20.9. The minimum absolute atomic E-state index is 0.382. The Morgan fingerprint density at radius 1 is 1.13 bits per heavy atom. The van der Waals surface area contributed by atoms with Crippen molar-refractivity contribution in [1.82, 2.24) is 14.5 Å². The number of fused-ring (bicyclic) bond motifs is 3. The molecule has 2 saturated heterocycles. The lowest BCUT2D eigenvalue weighted by Gasteiger charge is -2.35. The smallest absolute Gasteiger partial charge is 0.164 e. The highest BCUT2D eigenvalue weighted by Crippen LogP contribution is 2.49. The standard InChI is InChI=1S/C23H24ClN3O4/c1-22(2)30-16-17(31-22)21(27-9-8-15-19(24)25-11-26-20(15)27)29-18(16)23(3,28)14-7-6-12-4-5-13(12)10-14/h6-11,16-18,21,28H,4-5H2,1-3H3/t16-,17+,18-,21+,23-/m0/s1. The molecule has 0 amide bonds. The summed E-state index contributed by atoms with van der Waals surface area (Å²) in [6.07, 6.45) is 3.42. The zero-order valence-electron chi connectivity index (χ0n) is 17.6. The lowest BCUT2D eigenvalue weighted by molar-refractivity contribution is -0.221. The van der Waals surface area contributed by atoms with Crippen LogP contribution in [0.3, 0.4) is 0 Å². The van der Waals surface area contributed by atoms with Gasteiger partial charge < -0.3 is 23.9 Å². The van der Waals surface area contributed by atoms with Crippen LogP contribution in [0, 0.1) is 0 Å². The normalized spacial score (nSPS) is 30.6. The number of aliphatic hydroxyl groups is 1. The number of hydrogen-bond donors (Lipinski definition) is 1. The molecule has 2 aliphatic heterocycles. The van der Waals surface area contributed by atoms with Gasteiger partial charge >= 0.3 is 0 Å². The number of nitrogens with zero attached hydrogens (tertiary/aromatic N) is 3. The zero-order valence-corrected chi connectivity index (χ0v) is 18.3. The maximum Gasteiger partial charge on any atom is 0.164 e. The van der Waals surface area contributed by atoms with Crippen molar-refractivity contribution in [3.63, 3.8) is 0 Å². The predicted octanol–water partition coefficient (Wildman–Crippen LogP) is 3.51. The third-order valence-corrected chi connectivity index (χ3v) is 7.07. The van der Waals surface area contributed by atoms with Gasteiger partial charge in [0, 0.05) is 6.20 Å². The third kappa shape index (κ3) is 2.88. The predicted molar refractivity (Wildman–Crippen MR) is 114 cm³/mol. The quantitative estimate of drug-likeness (QED) is 0.627. The third-order valence-electron chi connectivity index (χ3n) is 6.77. The van der Waals surface area contributed by atoms with Gasteiger partial charge in [-0.1, -0.05) is 29.8 Å². The van der Waals surface area contributed by atoms with E-state index in [1.807, 2.05) is 36.7 Å². The van der Waals surface area contributed by atoms with Gasteiger partial charge in [-0.25, -0.2) is 9.97 Å². The first kappa shape index (κ1) is 19.6. The molecule has 0 bridgehead atoms. The maximum absolute atomic E-state index is 11.7. The molecule has 2 aromatic heterocycles. The minimum Gasteiger partial charge on any atom is -0.383 e. The summed E-state index contributed by atoms with van der Waals surface area (Å²) in [5.41, 5.74) is 2.85. The highest BCUT2D eigenvalue weighted by atomic mass is 35.5. The van der Waals surface area contributed by atoms with Gasteiger partial charge in [-0.15, -0.1) is 0 Å². The van der Waals surface area contributed by atoms with Crippen LogP contribution in [0.5, 0.6) is 0 Å². The molecule has 1 N–H and O–H groups in total. The molecule has 0 spiro atoms. The molecule has 2 fully saturated rings. The van der Waals surface area contributed by atoms with Crippen LogP contribution >= 0.6 is 11.6 Å². The molecule has 8 heteroatoms. The molecule has 31 heavy (non-hydrogen) atoms. The van der Waals surface area contributed by atoms with Gasteiger partial charge in [0.25, 0.3) is 0 Å². The second-order valence-corrected chi connectivity index (χ2v) is 9.63. The molecule has 4 heterocycles. The first-order valence-electron chi connectivity index (χ1n) is 10.6. The van der Waals surface area contributed by atoms with Gasteiger partial charge in [-0.2, -0.15) is 0 Å². The van der Waals surface area contributed by atoms with Crippen LogP contribution in [0.15, 0.2) is 36.8 Å². The average molecular weight is 442 g/mol. The summed E-state index contributed by atoms with van der Waals surface area (Å²) in [4.78, 5) is 8.46. The molecule has 0 radical (unpaired) electrons. The zero-order chi connectivity index (χ0) is 21.5. The van der Waals surface area contributed by atoms with Crippen molar-refractivity contribution in [2.75, 3.05) is 0 Å². The number of halogens is 1. The van der Waals surface area contributed by atoms with Crippen LogP contribution < -0.4 is 0 Å². The number of aryl methyl sites for hydroxylation is 2. The van der Waals surface area contributed by atoms with Crippen molar-refractivity contribution in [3.05, 3.63) is 58.6 Å². The topological polar surface area (TPSA) is 78.6 Å². The fourth-order valence-corrected chi connectivity index (χ4v) is 5.26. The van der Waals surface area contributed by atoms with E-state index in [2.05, 4.69) is 22.1 Å². The van der Waals surface area contributed by atoms with Gasteiger partial charge in [-0.3, -0.25) is 0 Å². The van der Waals surface area contributed by atoms with Crippen molar-refractivity contribution in [2.45, 2.75) is 69.5 Å². The van der Waals surface area contributed by atoms with E-state index in [0.29, 0.717) is 10.8 Å². The van der Waals surface area contributed by atoms with Crippen LogP contribution in [0.2, 0.25) is 5.15 Å². The Kier molecular flexibility index (Phi) is 4.11. The molecule has 6 rings (SSSR count). The summed E-state index contributed by atoms with van der Waals surface area (Å²) in [5.74, 6) is -0.790. The van der Waals surface area contributed by atoms with Crippen molar-refractivity contribution in [1.29, 1.82) is 0 Å². The molecule has 5 atom stereocenters. The Morgan fingerprint density at radius 3 is 2.65 bits per heavy atom. The monoisotopic (exact) mass is 441 g/mol. The Hall–Kier alpha value is -2.03. The molecule has 3 aromatic rings. The molecule has 0 saturated carbocycles. The molecule has 1 aliphatic carbocycles. The van der Waals surface area contributed by atoms with E-state index < -0.39 is 35.9 Å². The molecular formula is C23H24ClN3O4. The fraction of sp³-hybridized carbons (Fsp3) is 0.478. The van der Waals surface area contributed by atoms with E-state index in [1.165, 1.54) is 17.5 Å². The Morgan fingerprint density at radius 2 is 1.90 bits per heavy atom. The van der Waals surface area contributed by atoms with E-state index in [1.54, 1.807) is 6.92 Å². The van der Waals surface area contributed by atoms with Crippen LogP contribution in [0.4, 0.5) is 0 Å². The Bertz CT molecular complexity index is 1190. The van der Waals surface area contributed by atoms with Gasteiger partial charge in [0.2, 0.25) is 0 Å². The SMILES string of the molecule is CC1(C)O[C@@H]2[C@H](O1)[C@@H]([C@@](C)(O)c1ccc3c(c1)CC3)O[C@H]2n1ccc2c(Cl)ncnc21. The summed E-state index contributed by atoms with van der Waals surface area (Å²) in [6, 6.07) is 8.03. The molecule has 1 aromatic carbocycles.